The van der Waals surface area contributed by atoms with Gasteiger partial charge in [-0.2, -0.15) is 23.5 Å². The summed E-state index contributed by atoms with van der Waals surface area (Å²) >= 11 is 3.69. The highest BCUT2D eigenvalue weighted by molar-refractivity contribution is 7.99. The molecule has 0 amide bonds. The van der Waals surface area contributed by atoms with Crippen molar-refractivity contribution in [3.05, 3.63) is 59.9 Å². The van der Waals surface area contributed by atoms with E-state index in [9.17, 15) is 4.57 Å². The van der Waals surface area contributed by atoms with Crippen LogP contribution >= 0.6 is 30.7 Å². The van der Waals surface area contributed by atoms with Crippen LogP contribution < -0.4 is 5.30 Å². The molecule has 2 bridgehead atoms. The van der Waals surface area contributed by atoms with Gasteiger partial charge in [0.15, 0.2) is 0 Å². The van der Waals surface area contributed by atoms with Gasteiger partial charge in [-0.05, 0) is 12.1 Å². The van der Waals surface area contributed by atoms with Gasteiger partial charge in [-0.3, -0.25) is 4.98 Å². The Bertz CT molecular complexity index is 631. The summed E-state index contributed by atoms with van der Waals surface area (Å²) < 4.78 is 13.4. The highest BCUT2D eigenvalue weighted by atomic mass is 32.2. The van der Waals surface area contributed by atoms with Crippen LogP contribution in [0.3, 0.4) is 0 Å². The third-order valence-corrected chi connectivity index (χ3v) is 9.51. The topological polar surface area (TPSA) is 30.0 Å². The van der Waals surface area contributed by atoms with Crippen molar-refractivity contribution in [2.24, 2.45) is 0 Å². The SMILES string of the molecule is O=P1(c2ccccc2)CCSCc2cccc(n2)CSCC1. The summed E-state index contributed by atoms with van der Waals surface area (Å²) in [6, 6.07) is 16.3. The number of fused-ring (bicyclic) bond motifs is 2. The molecule has 5 heteroatoms. The quantitative estimate of drug-likeness (QED) is 0.720. The van der Waals surface area contributed by atoms with Crippen LogP contribution in [-0.4, -0.2) is 28.8 Å². The summed E-state index contributed by atoms with van der Waals surface area (Å²) in [6.07, 6.45) is 1.59. The molecule has 0 atom stereocenters. The zero-order valence-corrected chi connectivity index (χ0v) is 15.0. The lowest BCUT2D eigenvalue weighted by Gasteiger charge is -2.19. The average molecular weight is 349 g/mol. The molecule has 1 aliphatic rings. The second-order valence-electron chi connectivity index (χ2n) is 5.40. The van der Waals surface area contributed by atoms with Gasteiger partial charge in [-0.15, -0.1) is 0 Å². The lowest BCUT2D eigenvalue weighted by Crippen LogP contribution is -2.13. The first-order valence-electron chi connectivity index (χ1n) is 7.50. The first-order valence-corrected chi connectivity index (χ1v) is 11.9. The zero-order valence-electron chi connectivity index (χ0n) is 12.5. The number of hydrogen-bond donors (Lipinski definition) is 0. The Kier molecular flexibility index (Phi) is 5.67. The number of benzene rings is 1. The molecule has 0 N–H and O–H groups in total. The maximum Gasteiger partial charge on any atom is 0.117 e. The highest BCUT2D eigenvalue weighted by Crippen LogP contribution is 2.45. The van der Waals surface area contributed by atoms with E-state index < -0.39 is 7.14 Å². The van der Waals surface area contributed by atoms with E-state index in [0.29, 0.717) is 0 Å². The minimum atomic E-state index is -2.27. The first-order chi connectivity index (χ1) is 10.8. The van der Waals surface area contributed by atoms with Gasteiger partial charge in [-0.1, -0.05) is 36.4 Å². The zero-order chi connectivity index (χ0) is 15.3. The molecule has 3 rings (SSSR count). The van der Waals surface area contributed by atoms with Crippen molar-refractivity contribution < 1.29 is 4.57 Å². The minimum absolute atomic E-state index is 0.794. The molecular weight excluding hydrogens is 329 g/mol. The molecule has 0 radical (unpaired) electrons. The standard InChI is InChI=1S/C17H20NOPS2/c19-20(17-7-2-1-3-8-17)9-11-21-13-15-5-4-6-16(18-15)14-22-12-10-20/h1-8H,9-14H2. The molecule has 2 aromatic rings. The summed E-state index contributed by atoms with van der Waals surface area (Å²) in [5, 5.41) is 1.05. The Morgan fingerprint density at radius 2 is 1.41 bits per heavy atom. The second kappa shape index (κ2) is 7.72. The van der Waals surface area contributed by atoms with Gasteiger partial charge in [0.1, 0.15) is 7.14 Å². The van der Waals surface area contributed by atoms with Crippen LogP contribution in [-0.2, 0) is 16.1 Å². The van der Waals surface area contributed by atoms with Crippen LogP contribution in [0, 0.1) is 0 Å². The number of nitrogens with zero attached hydrogens (tertiary/aromatic N) is 1. The van der Waals surface area contributed by atoms with Crippen molar-refractivity contribution in [2.45, 2.75) is 11.5 Å². The van der Waals surface area contributed by atoms with Crippen molar-refractivity contribution in [3.8, 4) is 0 Å². The lowest BCUT2D eigenvalue weighted by molar-refractivity contribution is 0.583. The molecule has 0 spiro atoms. The molecule has 0 saturated carbocycles. The van der Waals surface area contributed by atoms with Crippen LogP contribution in [0.2, 0.25) is 0 Å². The Morgan fingerprint density at radius 1 is 0.818 bits per heavy atom. The van der Waals surface area contributed by atoms with Crippen molar-refractivity contribution in [2.75, 3.05) is 23.8 Å². The molecular formula is C17H20NOPS2. The summed E-state index contributed by atoms with van der Waals surface area (Å²) in [5.74, 6) is 3.69. The normalized spacial score (nSPS) is 18.9. The molecule has 0 saturated heterocycles. The summed E-state index contributed by atoms with van der Waals surface area (Å²) in [4.78, 5) is 4.69. The number of aromatic nitrogens is 1. The van der Waals surface area contributed by atoms with Gasteiger partial charge in [0.05, 0.1) is 11.4 Å². The summed E-state index contributed by atoms with van der Waals surface area (Å²) in [7, 11) is -2.27. The molecule has 2 heterocycles. The maximum absolute atomic E-state index is 13.4. The van der Waals surface area contributed by atoms with Gasteiger partial charge in [0, 0.05) is 40.6 Å². The summed E-state index contributed by atoms with van der Waals surface area (Å²) in [5.41, 5.74) is 2.27. The van der Waals surface area contributed by atoms with Crippen LogP contribution in [0.1, 0.15) is 11.4 Å². The molecule has 0 unspecified atom stereocenters. The Labute approximate surface area is 140 Å². The van der Waals surface area contributed by atoms with Crippen LogP contribution in [0.15, 0.2) is 48.5 Å². The average Bonchev–Trinajstić information content (AvgIpc) is 2.56. The number of pyridine rings is 1. The van der Waals surface area contributed by atoms with E-state index >= 15 is 0 Å². The van der Waals surface area contributed by atoms with E-state index in [0.717, 1.165) is 52.0 Å². The van der Waals surface area contributed by atoms with Gasteiger partial charge >= 0.3 is 0 Å². The Morgan fingerprint density at radius 3 is 2.00 bits per heavy atom. The van der Waals surface area contributed by atoms with E-state index in [1.807, 2.05) is 53.9 Å². The number of hydrogen-bond acceptors (Lipinski definition) is 4. The smallest absolute Gasteiger partial charge is 0.117 e. The van der Waals surface area contributed by atoms with E-state index in [2.05, 4.69) is 23.2 Å². The maximum atomic E-state index is 13.4. The molecule has 0 aliphatic carbocycles. The van der Waals surface area contributed by atoms with Crippen molar-refractivity contribution >= 4 is 36.0 Å². The molecule has 0 fully saturated rings. The van der Waals surface area contributed by atoms with E-state index in [-0.39, 0.29) is 0 Å². The lowest BCUT2D eigenvalue weighted by atomic mass is 10.3. The second-order valence-corrected chi connectivity index (χ2v) is 10.8. The fraction of sp³-hybridized carbons (Fsp3) is 0.353. The molecule has 116 valence electrons. The predicted molar refractivity (Wildman–Crippen MR) is 100.0 cm³/mol. The molecule has 2 nitrogen and oxygen atoms in total. The van der Waals surface area contributed by atoms with Gasteiger partial charge in [0.2, 0.25) is 0 Å². The molecule has 22 heavy (non-hydrogen) atoms. The van der Waals surface area contributed by atoms with Crippen LogP contribution in [0.25, 0.3) is 0 Å². The Hall–Kier alpha value is -0.700. The van der Waals surface area contributed by atoms with Crippen molar-refractivity contribution in [1.29, 1.82) is 0 Å². The van der Waals surface area contributed by atoms with Gasteiger partial charge < -0.3 is 4.57 Å². The fourth-order valence-corrected chi connectivity index (χ4v) is 8.41. The van der Waals surface area contributed by atoms with Crippen LogP contribution in [0.5, 0.6) is 0 Å². The molecule has 1 aromatic heterocycles. The minimum Gasteiger partial charge on any atom is -0.319 e. The molecule has 1 aliphatic heterocycles. The van der Waals surface area contributed by atoms with Gasteiger partial charge in [-0.25, -0.2) is 0 Å². The largest absolute Gasteiger partial charge is 0.319 e. The first kappa shape index (κ1) is 16.2. The van der Waals surface area contributed by atoms with Gasteiger partial charge in [0.25, 0.3) is 0 Å². The van der Waals surface area contributed by atoms with Crippen molar-refractivity contribution in [1.82, 2.24) is 4.98 Å². The van der Waals surface area contributed by atoms with Crippen molar-refractivity contribution in [3.63, 3.8) is 0 Å². The highest BCUT2D eigenvalue weighted by Gasteiger charge is 2.24. The van der Waals surface area contributed by atoms with Crippen LogP contribution in [0.4, 0.5) is 0 Å². The van der Waals surface area contributed by atoms with E-state index in [1.54, 1.807) is 0 Å². The summed E-state index contributed by atoms with van der Waals surface area (Å²) in [6.45, 7) is 0. The fourth-order valence-electron chi connectivity index (χ4n) is 2.54. The number of rotatable bonds is 1. The monoisotopic (exact) mass is 349 g/mol. The third kappa shape index (κ3) is 4.18. The Balaban J connectivity index is 1.76. The van der Waals surface area contributed by atoms with E-state index in [4.69, 9.17) is 0 Å². The predicted octanol–water partition coefficient (Wildman–Crippen LogP) is 4.25. The van der Waals surface area contributed by atoms with E-state index in [1.165, 1.54) is 0 Å². The number of thioether (sulfide) groups is 2. The molecule has 1 aromatic carbocycles. The third-order valence-electron chi connectivity index (χ3n) is 3.78.